The highest BCUT2D eigenvalue weighted by Crippen LogP contribution is 2.40. The Morgan fingerprint density at radius 3 is 2.36 bits per heavy atom. The molecule has 1 atom stereocenters. The number of amides is 2. The van der Waals surface area contributed by atoms with Crippen LogP contribution in [0.5, 0.6) is 0 Å². The van der Waals surface area contributed by atoms with Crippen LogP contribution in [0.25, 0.3) is 0 Å². The SMILES string of the molecule is CC1CCN(Cc2ccc3c(c2)N(C2CCC(C(=O)NC(C)C)CC2)C(NC(=O)c2ccc(F)cc2)N3)CC1. The number of carbonyl (C=O) groups excluding carboxylic acids is 2. The maximum Gasteiger partial charge on any atom is 0.254 e. The Morgan fingerprint density at radius 2 is 1.69 bits per heavy atom. The zero-order valence-corrected chi connectivity index (χ0v) is 23.4. The van der Waals surface area contributed by atoms with E-state index in [0.717, 1.165) is 62.6 Å². The average molecular weight is 536 g/mol. The monoisotopic (exact) mass is 535 g/mol. The van der Waals surface area contributed by atoms with E-state index in [0.29, 0.717) is 5.56 Å². The summed E-state index contributed by atoms with van der Waals surface area (Å²) in [6.07, 6.45) is 5.43. The van der Waals surface area contributed by atoms with E-state index in [1.54, 1.807) is 0 Å². The van der Waals surface area contributed by atoms with Crippen LogP contribution in [0.3, 0.4) is 0 Å². The van der Waals surface area contributed by atoms with Crippen molar-refractivity contribution in [1.29, 1.82) is 0 Å². The number of halogens is 1. The van der Waals surface area contributed by atoms with E-state index >= 15 is 0 Å². The number of nitrogens with one attached hydrogen (secondary N) is 3. The van der Waals surface area contributed by atoms with E-state index in [2.05, 4.69) is 50.9 Å². The molecule has 2 aromatic carbocycles. The van der Waals surface area contributed by atoms with Gasteiger partial charge in [-0.25, -0.2) is 4.39 Å². The van der Waals surface area contributed by atoms with Gasteiger partial charge < -0.3 is 20.9 Å². The lowest BCUT2D eigenvalue weighted by Gasteiger charge is -2.39. The van der Waals surface area contributed by atoms with Crippen molar-refractivity contribution >= 4 is 23.2 Å². The zero-order chi connectivity index (χ0) is 27.5. The van der Waals surface area contributed by atoms with Crippen molar-refractivity contribution in [2.45, 2.75) is 84.2 Å². The van der Waals surface area contributed by atoms with Gasteiger partial charge in [-0.05, 0) is 113 Å². The molecule has 3 aliphatic rings. The van der Waals surface area contributed by atoms with Gasteiger partial charge in [0.1, 0.15) is 5.82 Å². The van der Waals surface area contributed by atoms with E-state index in [1.807, 2.05) is 13.8 Å². The van der Waals surface area contributed by atoms with Gasteiger partial charge in [-0.2, -0.15) is 0 Å². The summed E-state index contributed by atoms with van der Waals surface area (Å²) in [7, 11) is 0. The van der Waals surface area contributed by atoms with Crippen LogP contribution in [-0.4, -0.2) is 48.2 Å². The van der Waals surface area contributed by atoms with E-state index in [1.165, 1.54) is 42.7 Å². The van der Waals surface area contributed by atoms with Crippen LogP contribution >= 0.6 is 0 Å². The number of piperidine rings is 1. The van der Waals surface area contributed by atoms with Crippen LogP contribution in [0.2, 0.25) is 0 Å². The first-order chi connectivity index (χ1) is 18.8. The number of nitrogens with zero attached hydrogens (tertiary/aromatic N) is 2. The Kier molecular flexibility index (Phi) is 8.40. The molecule has 1 aliphatic carbocycles. The van der Waals surface area contributed by atoms with Gasteiger partial charge in [-0.15, -0.1) is 0 Å². The first-order valence-corrected chi connectivity index (χ1v) is 14.5. The summed E-state index contributed by atoms with van der Waals surface area (Å²) in [5.74, 6) is 0.345. The van der Waals surface area contributed by atoms with Crippen LogP contribution < -0.4 is 20.9 Å². The molecule has 0 spiro atoms. The topological polar surface area (TPSA) is 76.7 Å². The molecule has 2 aromatic rings. The highest BCUT2D eigenvalue weighted by Gasteiger charge is 2.38. The van der Waals surface area contributed by atoms with Gasteiger partial charge in [-0.3, -0.25) is 14.5 Å². The number of carbonyl (C=O) groups is 2. The molecular weight excluding hydrogens is 493 g/mol. The maximum absolute atomic E-state index is 13.4. The second-order valence-corrected chi connectivity index (χ2v) is 11.9. The second kappa shape index (κ2) is 11.9. The minimum atomic E-state index is -0.422. The zero-order valence-electron chi connectivity index (χ0n) is 23.4. The summed E-state index contributed by atoms with van der Waals surface area (Å²) in [4.78, 5) is 30.6. The number of rotatable bonds is 7. The van der Waals surface area contributed by atoms with Crippen molar-refractivity contribution in [3.8, 4) is 0 Å². The summed E-state index contributed by atoms with van der Waals surface area (Å²) < 4.78 is 13.4. The van der Waals surface area contributed by atoms with Crippen LogP contribution in [-0.2, 0) is 11.3 Å². The van der Waals surface area contributed by atoms with Crippen LogP contribution in [0.15, 0.2) is 42.5 Å². The smallest absolute Gasteiger partial charge is 0.254 e. The average Bonchev–Trinajstić information content (AvgIpc) is 3.27. The van der Waals surface area contributed by atoms with Crippen LogP contribution in [0.4, 0.5) is 15.8 Å². The maximum atomic E-state index is 13.4. The number of fused-ring (bicyclic) bond motifs is 1. The number of likely N-dealkylation sites (tertiary alicyclic amines) is 1. The standard InChI is InChI=1S/C31H42FN5O2/c1-20(2)33-29(38)24-7-11-26(12-8-24)37-28-18-22(19-36-16-14-21(3)15-17-36)4-13-27(28)34-31(37)35-30(39)23-5-9-25(32)10-6-23/h4-6,9-10,13,18,20-21,24,26,31,34H,7-8,11-12,14-17,19H2,1-3H3,(H,33,38)(H,35,39). The molecule has 2 fully saturated rings. The first-order valence-electron chi connectivity index (χ1n) is 14.5. The first kappa shape index (κ1) is 27.4. The second-order valence-electron chi connectivity index (χ2n) is 11.9. The lowest BCUT2D eigenvalue weighted by Crippen LogP contribution is -2.54. The molecule has 1 saturated heterocycles. The number of hydrogen-bond acceptors (Lipinski definition) is 5. The van der Waals surface area contributed by atoms with E-state index in [-0.39, 0.29) is 35.6 Å². The van der Waals surface area contributed by atoms with Crippen molar-refractivity contribution in [3.05, 3.63) is 59.4 Å². The van der Waals surface area contributed by atoms with Gasteiger partial charge in [0.05, 0.1) is 11.4 Å². The molecule has 0 radical (unpaired) electrons. The molecule has 3 N–H and O–H groups in total. The Hall–Kier alpha value is -3.13. The molecule has 5 rings (SSSR count). The predicted octanol–water partition coefficient (Wildman–Crippen LogP) is 5.09. The predicted molar refractivity (Wildman–Crippen MR) is 153 cm³/mol. The van der Waals surface area contributed by atoms with E-state index in [4.69, 9.17) is 0 Å². The molecule has 2 amide bonds. The Morgan fingerprint density at radius 1 is 1.00 bits per heavy atom. The number of hydrogen-bond donors (Lipinski definition) is 3. The fraction of sp³-hybridized carbons (Fsp3) is 0.548. The van der Waals surface area contributed by atoms with Crippen molar-refractivity contribution in [1.82, 2.24) is 15.5 Å². The largest absolute Gasteiger partial charge is 0.354 e. The van der Waals surface area contributed by atoms with Crippen molar-refractivity contribution in [2.75, 3.05) is 23.3 Å². The van der Waals surface area contributed by atoms with E-state index < -0.39 is 6.29 Å². The third-order valence-electron chi connectivity index (χ3n) is 8.46. The summed E-state index contributed by atoms with van der Waals surface area (Å²) in [6.45, 7) is 9.48. The molecule has 2 heterocycles. The third kappa shape index (κ3) is 6.55. The highest BCUT2D eigenvalue weighted by atomic mass is 19.1. The summed E-state index contributed by atoms with van der Waals surface area (Å²) in [6, 6.07) is 12.5. The molecule has 0 bridgehead atoms. The molecule has 2 aliphatic heterocycles. The summed E-state index contributed by atoms with van der Waals surface area (Å²) in [5, 5.41) is 9.72. The molecule has 210 valence electrons. The molecular formula is C31H42FN5O2. The van der Waals surface area contributed by atoms with Crippen molar-refractivity contribution < 1.29 is 14.0 Å². The van der Waals surface area contributed by atoms with Gasteiger partial charge >= 0.3 is 0 Å². The lowest BCUT2D eigenvalue weighted by molar-refractivity contribution is -0.126. The highest BCUT2D eigenvalue weighted by molar-refractivity contribution is 5.95. The molecule has 0 aromatic heterocycles. The lowest BCUT2D eigenvalue weighted by atomic mass is 9.84. The van der Waals surface area contributed by atoms with Crippen molar-refractivity contribution in [2.24, 2.45) is 11.8 Å². The summed E-state index contributed by atoms with van der Waals surface area (Å²) >= 11 is 0. The molecule has 1 saturated carbocycles. The normalized spacial score (nSPS) is 23.8. The number of anilines is 2. The van der Waals surface area contributed by atoms with Crippen molar-refractivity contribution in [3.63, 3.8) is 0 Å². The quantitative estimate of drug-likeness (QED) is 0.461. The van der Waals surface area contributed by atoms with Gasteiger partial charge in [0, 0.05) is 30.1 Å². The van der Waals surface area contributed by atoms with Crippen LogP contribution in [0, 0.1) is 17.7 Å². The van der Waals surface area contributed by atoms with E-state index in [9.17, 15) is 14.0 Å². The summed E-state index contributed by atoms with van der Waals surface area (Å²) in [5.41, 5.74) is 3.78. The van der Waals surface area contributed by atoms with Gasteiger partial charge in [0.25, 0.3) is 5.91 Å². The fourth-order valence-electron chi connectivity index (χ4n) is 6.19. The minimum Gasteiger partial charge on any atom is -0.354 e. The van der Waals surface area contributed by atoms with Gasteiger partial charge in [0.2, 0.25) is 5.91 Å². The van der Waals surface area contributed by atoms with Gasteiger partial charge in [-0.1, -0.05) is 13.0 Å². The van der Waals surface area contributed by atoms with Gasteiger partial charge in [0.15, 0.2) is 6.29 Å². The molecule has 39 heavy (non-hydrogen) atoms. The molecule has 1 unspecified atom stereocenters. The third-order valence-corrected chi connectivity index (χ3v) is 8.46. The Balaban J connectivity index is 1.34. The van der Waals surface area contributed by atoms with Crippen LogP contribution in [0.1, 0.15) is 75.2 Å². The Bertz CT molecular complexity index is 1150. The molecule has 7 nitrogen and oxygen atoms in total. The Labute approximate surface area is 231 Å². The molecule has 8 heteroatoms. The fourth-order valence-corrected chi connectivity index (χ4v) is 6.19. The minimum absolute atomic E-state index is 0.0266. The number of benzene rings is 2.